The average molecular weight is 317 g/mol. The van der Waals surface area contributed by atoms with Crippen molar-refractivity contribution in [2.75, 3.05) is 5.32 Å². The first-order valence-corrected chi connectivity index (χ1v) is 8.14. The molecule has 0 aliphatic rings. The van der Waals surface area contributed by atoms with Crippen molar-refractivity contribution in [3.8, 4) is 17.2 Å². The Morgan fingerprint density at radius 1 is 1.04 bits per heavy atom. The molecule has 1 aromatic carbocycles. The number of anilines is 1. The standard InChI is InChI=1S/C19H19N5/c1-3-15(4-2)22-19-16-6-5-14(13-7-9-21-10-8-13)11-17(16)23-24-18(19)12-20/h5-11,15H,3-4H2,1-2H3,(H,22,23). The van der Waals surface area contributed by atoms with Crippen molar-refractivity contribution >= 4 is 16.6 Å². The molecule has 0 bridgehead atoms. The maximum atomic E-state index is 9.37. The summed E-state index contributed by atoms with van der Waals surface area (Å²) in [7, 11) is 0. The van der Waals surface area contributed by atoms with E-state index in [2.05, 4.69) is 40.4 Å². The van der Waals surface area contributed by atoms with E-state index in [-0.39, 0.29) is 0 Å². The van der Waals surface area contributed by atoms with Crippen LogP contribution in [0.15, 0.2) is 42.7 Å². The van der Waals surface area contributed by atoms with Crippen LogP contribution in [-0.2, 0) is 0 Å². The lowest BCUT2D eigenvalue weighted by molar-refractivity contribution is 0.671. The van der Waals surface area contributed by atoms with Crippen LogP contribution < -0.4 is 5.32 Å². The highest BCUT2D eigenvalue weighted by Crippen LogP contribution is 2.29. The summed E-state index contributed by atoms with van der Waals surface area (Å²) in [5.74, 6) is 0. The minimum Gasteiger partial charge on any atom is -0.379 e. The third-order valence-corrected chi connectivity index (χ3v) is 4.22. The smallest absolute Gasteiger partial charge is 0.186 e. The summed E-state index contributed by atoms with van der Waals surface area (Å²) in [6, 6.07) is 12.4. The molecule has 3 aromatic rings. The lowest BCUT2D eigenvalue weighted by Gasteiger charge is -2.18. The van der Waals surface area contributed by atoms with Gasteiger partial charge in [-0.05, 0) is 48.2 Å². The number of pyridine rings is 1. The normalized spacial score (nSPS) is 10.8. The summed E-state index contributed by atoms with van der Waals surface area (Å²) in [5.41, 5.74) is 4.02. The van der Waals surface area contributed by atoms with Crippen LogP contribution in [0.5, 0.6) is 0 Å². The quantitative estimate of drug-likeness (QED) is 0.764. The molecular weight excluding hydrogens is 298 g/mol. The molecule has 5 heteroatoms. The molecule has 1 N–H and O–H groups in total. The molecule has 0 fully saturated rings. The van der Waals surface area contributed by atoms with Crippen LogP contribution >= 0.6 is 0 Å². The van der Waals surface area contributed by atoms with Crippen molar-refractivity contribution in [3.63, 3.8) is 0 Å². The fraction of sp³-hybridized carbons (Fsp3) is 0.263. The molecule has 0 unspecified atom stereocenters. The van der Waals surface area contributed by atoms with Crippen molar-refractivity contribution < 1.29 is 0 Å². The molecule has 0 aliphatic heterocycles. The van der Waals surface area contributed by atoms with E-state index >= 15 is 0 Å². The number of rotatable bonds is 5. The fourth-order valence-electron chi connectivity index (χ4n) is 2.75. The molecule has 2 aromatic heterocycles. The monoisotopic (exact) mass is 317 g/mol. The molecule has 120 valence electrons. The van der Waals surface area contributed by atoms with Gasteiger partial charge in [0.15, 0.2) is 5.69 Å². The van der Waals surface area contributed by atoms with E-state index in [0.29, 0.717) is 11.7 Å². The van der Waals surface area contributed by atoms with E-state index in [0.717, 1.165) is 40.6 Å². The summed E-state index contributed by atoms with van der Waals surface area (Å²) in [6.45, 7) is 4.26. The number of nitriles is 1. The average Bonchev–Trinajstić information content (AvgIpc) is 2.66. The van der Waals surface area contributed by atoms with Gasteiger partial charge in [0.05, 0.1) is 11.2 Å². The second-order valence-electron chi connectivity index (χ2n) is 5.66. The first kappa shape index (κ1) is 15.9. The number of benzene rings is 1. The number of nitrogens with zero attached hydrogens (tertiary/aromatic N) is 4. The highest BCUT2D eigenvalue weighted by Gasteiger charge is 2.14. The second kappa shape index (κ2) is 7.05. The summed E-state index contributed by atoms with van der Waals surface area (Å²) >= 11 is 0. The number of aromatic nitrogens is 3. The number of fused-ring (bicyclic) bond motifs is 1. The summed E-state index contributed by atoms with van der Waals surface area (Å²) in [5, 5.41) is 22.1. The molecule has 24 heavy (non-hydrogen) atoms. The van der Waals surface area contributed by atoms with Gasteiger partial charge < -0.3 is 5.32 Å². The van der Waals surface area contributed by atoms with Gasteiger partial charge in [0.2, 0.25) is 0 Å². The topological polar surface area (TPSA) is 74.5 Å². The largest absolute Gasteiger partial charge is 0.379 e. The number of hydrogen-bond acceptors (Lipinski definition) is 5. The molecule has 0 amide bonds. The SMILES string of the molecule is CCC(CC)Nc1c(C#N)nnc2cc(-c3ccncc3)ccc12. The third kappa shape index (κ3) is 3.04. The summed E-state index contributed by atoms with van der Waals surface area (Å²) < 4.78 is 0. The minimum absolute atomic E-state index is 0.310. The van der Waals surface area contributed by atoms with Gasteiger partial charge in [-0.3, -0.25) is 4.98 Å². The molecule has 0 aliphatic carbocycles. The van der Waals surface area contributed by atoms with Crippen molar-refractivity contribution in [3.05, 3.63) is 48.4 Å². The van der Waals surface area contributed by atoms with E-state index in [1.54, 1.807) is 12.4 Å². The van der Waals surface area contributed by atoms with Gasteiger partial charge >= 0.3 is 0 Å². The van der Waals surface area contributed by atoms with Crippen molar-refractivity contribution in [1.82, 2.24) is 15.2 Å². The Hall–Kier alpha value is -3.00. The van der Waals surface area contributed by atoms with Crippen LogP contribution in [0, 0.1) is 11.3 Å². The Bertz CT molecular complexity index is 879. The Morgan fingerprint density at radius 2 is 1.79 bits per heavy atom. The maximum Gasteiger partial charge on any atom is 0.186 e. The third-order valence-electron chi connectivity index (χ3n) is 4.22. The van der Waals surface area contributed by atoms with E-state index in [4.69, 9.17) is 0 Å². The molecule has 0 saturated carbocycles. The van der Waals surface area contributed by atoms with Crippen LogP contribution in [0.1, 0.15) is 32.4 Å². The summed E-state index contributed by atoms with van der Waals surface area (Å²) in [6.07, 6.45) is 5.51. The van der Waals surface area contributed by atoms with Gasteiger partial charge in [-0.1, -0.05) is 19.9 Å². The van der Waals surface area contributed by atoms with Gasteiger partial charge in [-0.15, -0.1) is 10.2 Å². The predicted octanol–water partition coefficient (Wildman–Crippen LogP) is 4.16. The number of hydrogen-bond donors (Lipinski definition) is 1. The lowest BCUT2D eigenvalue weighted by Crippen LogP contribution is -2.18. The van der Waals surface area contributed by atoms with Crippen molar-refractivity contribution in [2.45, 2.75) is 32.7 Å². The fourth-order valence-corrected chi connectivity index (χ4v) is 2.75. The second-order valence-corrected chi connectivity index (χ2v) is 5.66. The van der Waals surface area contributed by atoms with Crippen LogP contribution in [0.2, 0.25) is 0 Å². The van der Waals surface area contributed by atoms with Gasteiger partial charge in [-0.2, -0.15) is 5.26 Å². The van der Waals surface area contributed by atoms with E-state index < -0.39 is 0 Å². The van der Waals surface area contributed by atoms with Crippen LogP contribution in [0.4, 0.5) is 5.69 Å². The molecular formula is C19H19N5. The van der Waals surface area contributed by atoms with Crippen LogP contribution in [0.25, 0.3) is 22.0 Å². The Kier molecular flexibility index (Phi) is 4.66. The molecule has 5 nitrogen and oxygen atoms in total. The van der Waals surface area contributed by atoms with Gasteiger partial charge in [-0.25, -0.2) is 0 Å². The highest BCUT2D eigenvalue weighted by molar-refractivity contribution is 5.95. The molecule has 0 spiro atoms. The zero-order valence-electron chi connectivity index (χ0n) is 13.8. The molecule has 0 radical (unpaired) electrons. The zero-order chi connectivity index (χ0) is 16.9. The minimum atomic E-state index is 0.310. The molecule has 0 saturated heterocycles. The Labute approximate surface area is 141 Å². The van der Waals surface area contributed by atoms with Crippen LogP contribution in [-0.4, -0.2) is 21.2 Å². The van der Waals surface area contributed by atoms with E-state index in [9.17, 15) is 5.26 Å². The molecule has 2 heterocycles. The summed E-state index contributed by atoms with van der Waals surface area (Å²) in [4.78, 5) is 4.05. The van der Waals surface area contributed by atoms with E-state index in [1.165, 1.54) is 0 Å². The van der Waals surface area contributed by atoms with E-state index in [1.807, 2.05) is 30.3 Å². The van der Waals surface area contributed by atoms with Gasteiger partial charge in [0.25, 0.3) is 0 Å². The maximum absolute atomic E-state index is 9.37. The molecule has 3 rings (SSSR count). The Balaban J connectivity index is 2.11. The predicted molar refractivity (Wildman–Crippen MR) is 95.5 cm³/mol. The lowest BCUT2D eigenvalue weighted by atomic mass is 10.0. The van der Waals surface area contributed by atoms with Crippen LogP contribution in [0.3, 0.4) is 0 Å². The highest BCUT2D eigenvalue weighted by atomic mass is 15.1. The first-order chi connectivity index (χ1) is 11.8. The van der Waals surface area contributed by atoms with Crippen molar-refractivity contribution in [2.24, 2.45) is 0 Å². The first-order valence-electron chi connectivity index (χ1n) is 8.14. The Morgan fingerprint density at radius 3 is 2.46 bits per heavy atom. The number of nitrogens with one attached hydrogen (secondary N) is 1. The van der Waals surface area contributed by atoms with Crippen molar-refractivity contribution in [1.29, 1.82) is 5.26 Å². The van der Waals surface area contributed by atoms with Gasteiger partial charge in [0, 0.05) is 23.8 Å². The van der Waals surface area contributed by atoms with Gasteiger partial charge in [0.1, 0.15) is 6.07 Å². The zero-order valence-corrected chi connectivity index (χ0v) is 13.8. The molecule has 0 atom stereocenters.